The Morgan fingerprint density at radius 2 is 1.25 bits per heavy atom. The van der Waals surface area contributed by atoms with E-state index < -0.39 is 0 Å². The zero-order valence-corrected chi connectivity index (χ0v) is 10.7. The van der Waals surface area contributed by atoms with Crippen molar-refractivity contribution in [2.45, 2.75) is 11.3 Å². The second kappa shape index (κ2) is 4.36. The minimum atomic E-state index is 0.275. The van der Waals surface area contributed by atoms with Crippen molar-refractivity contribution in [2.24, 2.45) is 0 Å². The molecule has 0 aromatic carbocycles. The number of hydrogen-bond acceptors (Lipinski definition) is 1. The first-order chi connectivity index (χ1) is 5.52. The van der Waals surface area contributed by atoms with Crippen molar-refractivity contribution in [1.29, 1.82) is 0 Å². The molecule has 12 heavy (non-hydrogen) atoms. The molecule has 1 saturated heterocycles. The van der Waals surface area contributed by atoms with Crippen molar-refractivity contribution in [3.63, 3.8) is 0 Å². The molecule has 1 unspecified atom stereocenters. The summed E-state index contributed by atoms with van der Waals surface area (Å²) in [6.07, 6.45) is 0. The summed E-state index contributed by atoms with van der Waals surface area (Å²) in [5.74, 6) is 0. The Kier molecular flexibility index (Phi) is 3.96. The maximum atomic E-state index is 2.51. The molecule has 0 saturated carbocycles. The van der Waals surface area contributed by atoms with Gasteiger partial charge in [0.25, 0.3) is 0 Å². The molecule has 0 aromatic heterocycles. The first-order valence-electron chi connectivity index (χ1n) is 4.53. The minimum absolute atomic E-state index is 0.275. The normalized spacial score (nSPS) is 32.2. The molecule has 0 spiro atoms. The molecule has 1 fully saturated rings. The molecule has 0 radical (unpaired) electrons. The molecule has 1 aliphatic heterocycles. The lowest BCUT2D eigenvalue weighted by Gasteiger charge is -2.25. The largest absolute Gasteiger partial charge is 0.305 e. The highest BCUT2D eigenvalue weighted by Crippen LogP contribution is 2.49. The van der Waals surface area contributed by atoms with Gasteiger partial charge in [0.2, 0.25) is 0 Å². The molecule has 0 aliphatic carbocycles. The average molecular weight is 205 g/mol. The molecule has 1 nitrogen and oxygen atoms in total. The van der Waals surface area contributed by atoms with Gasteiger partial charge in [0.05, 0.1) is 0 Å². The molecule has 1 rings (SSSR count). The molecule has 1 heterocycles. The molecule has 2 atom stereocenters. The second-order valence-electron chi connectivity index (χ2n) is 4.28. The van der Waals surface area contributed by atoms with Gasteiger partial charge in [-0.2, -0.15) is 0 Å². The summed E-state index contributed by atoms with van der Waals surface area (Å²) in [7, 11) is 2.82. The van der Waals surface area contributed by atoms with Crippen LogP contribution in [-0.4, -0.2) is 63.0 Å². The van der Waals surface area contributed by atoms with E-state index in [1.807, 2.05) is 0 Å². The van der Waals surface area contributed by atoms with Crippen LogP contribution in [-0.2, 0) is 0 Å². The van der Waals surface area contributed by atoms with E-state index in [-0.39, 0.29) is 15.8 Å². The Morgan fingerprint density at radius 3 is 1.50 bits per heavy atom. The molecule has 0 aromatic rings. The van der Waals surface area contributed by atoms with Crippen LogP contribution in [0.1, 0.15) is 0 Å². The minimum Gasteiger partial charge on any atom is -0.305 e. The summed E-state index contributed by atoms with van der Waals surface area (Å²) in [6.45, 7) is 12.4. The number of hydrogen-bond donors (Lipinski definition) is 0. The summed E-state index contributed by atoms with van der Waals surface area (Å²) in [4.78, 5) is 2.51. The van der Waals surface area contributed by atoms with Crippen LogP contribution >= 0.6 is 15.8 Å². The van der Waals surface area contributed by atoms with Gasteiger partial charge in [0.1, 0.15) is 0 Å². The highest BCUT2D eigenvalue weighted by molar-refractivity contribution is 7.61. The monoisotopic (exact) mass is 205 g/mol. The van der Waals surface area contributed by atoms with Gasteiger partial charge in [-0.25, -0.2) is 0 Å². The lowest BCUT2D eigenvalue weighted by Crippen LogP contribution is -2.19. The van der Waals surface area contributed by atoms with Crippen molar-refractivity contribution in [3.05, 3.63) is 0 Å². The van der Waals surface area contributed by atoms with Crippen molar-refractivity contribution >= 4 is 15.8 Å². The van der Waals surface area contributed by atoms with Crippen LogP contribution in [0, 0.1) is 0 Å². The molecule has 0 amide bonds. The van der Waals surface area contributed by atoms with Crippen LogP contribution < -0.4 is 0 Å². The Hall–Kier alpha value is 0.820. The fourth-order valence-corrected chi connectivity index (χ4v) is 6.35. The Labute approximate surface area is 79.4 Å². The summed E-state index contributed by atoms with van der Waals surface area (Å²) in [5.41, 5.74) is 2.04. The molecular weight excluding hydrogens is 184 g/mol. The van der Waals surface area contributed by atoms with E-state index in [1.54, 1.807) is 0 Å². The summed E-state index contributed by atoms with van der Waals surface area (Å²) in [6, 6.07) is 0. The molecule has 72 valence electrons. The SMILES string of the molecule is CN1CC(P(C)C)[C@@H](P(C)C)C1. The van der Waals surface area contributed by atoms with Gasteiger partial charge < -0.3 is 4.90 Å². The standard InChI is InChI=1S/C9H21NP2/c1-10-6-8(11(2)3)9(7-10)12(4)5/h8-9H,6-7H2,1-5H3/t8-,9?/m0/s1. The van der Waals surface area contributed by atoms with Crippen LogP contribution in [0.25, 0.3) is 0 Å². The van der Waals surface area contributed by atoms with E-state index in [2.05, 4.69) is 38.6 Å². The van der Waals surface area contributed by atoms with Gasteiger partial charge in [-0.05, 0) is 45.0 Å². The fraction of sp³-hybridized carbons (Fsp3) is 1.00. The van der Waals surface area contributed by atoms with Crippen LogP contribution in [0.2, 0.25) is 0 Å². The van der Waals surface area contributed by atoms with Gasteiger partial charge in [-0.15, -0.1) is 15.8 Å². The topological polar surface area (TPSA) is 3.24 Å². The molecule has 0 N–H and O–H groups in total. The van der Waals surface area contributed by atoms with E-state index >= 15 is 0 Å². The van der Waals surface area contributed by atoms with E-state index in [1.165, 1.54) is 13.1 Å². The highest BCUT2D eigenvalue weighted by Gasteiger charge is 2.34. The van der Waals surface area contributed by atoms with Gasteiger partial charge in [0, 0.05) is 13.1 Å². The van der Waals surface area contributed by atoms with Crippen molar-refractivity contribution in [3.8, 4) is 0 Å². The van der Waals surface area contributed by atoms with Crippen LogP contribution in [0.5, 0.6) is 0 Å². The predicted octanol–water partition coefficient (Wildman–Crippen LogP) is 2.15. The van der Waals surface area contributed by atoms with Crippen molar-refractivity contribution in [1.82, 2.24) is 4.90 Å². The molecule has 1 aliphatic rings. The van der Waals surface area contributed by atoms with E-state index in [0.717, 1.165) is 11.3 Å². The zero-order chi connectivity index (χ0) is 9.30. The van der Waals surface area contributed by atoms with Crippen molar-refractivity contribution < 1.29 is 0 Å². The van der Waals surface area contributed by atoms with E-state index in [9.17, 15) is 0 Å². The number of rotatable bonds is 2. The molecular formula is C9H21NP2. The zero-order valence-electron chi connectivity index (χ0n) is 8.91. The van der Waals surface area contributed by atoms with E-state index in [0.29, 0.717) is 0 Å². The average Bonchev–Trinajstić information content (AvgIpc) is 2.31. The van der Waals surface area contributed by atoms with Crippen LogP contribution in [0.4, 0.5) is 0 Å². The van der Waals surface area contributed by atoms with E-state index in [4.69, 9.17) is 0 Å². The summed E-state index contributed by atoms with van der Waals surface area (Å²) >= 11 is 0. The first-order valence-corrected chi connectivity index (χ1v) is 9.15. The van der Waals surface area contributed by atoms with Gasteiger partial charge in [-0.1, -0.05) is 0 Å². The fourth-order valence-electron chi connectivity index (χ4n) is 1.97. The lowest BCUT2D eigenvalue weighted by molar-refractivity contribution is 0.419. The van der Waals surface area contributed by atoms with Gasteiger partial charge >= 0.3 is 0 Å². The highest BCUT2D eigenvalue weighted by atomic mass is 31.1. The van der Waals surface area contributed by atoms with Gasteiger partial charge in [0.15, 0.2) is 0 Å². The summed E-state index contributed by atoms with van der Waals surface area (Å²) < 4.78 is 0. The smallest absolute Gasteiger partial charge is 0.00527 e. The quantitative estimate of drug-likeness (QED) is 0.624. The van der Waals surface area contributed by atoms with Crippen molar-refractivity contribution in [2.75, 3.05) is 46.8 Å². The first kappa shape index (κ1) is 10.9. The Balaban J connectivity index is 2.59. The molecule has 0 bridgehead atoms. The third-order valence-corrected chi connectivity index (χ3v) is 6.70. The Morgan fingerprint density at radius 1 is 0.917 bits per heavy atom. The third-order valence-electron chi connectivity index (χ3n) is 2.77. The number of likely N-dealkylation sites (tertiary alicyclic amines) is 1. The molecule has 3 heteroatoms. The van der Waals surface area contributed by atoms with Crippen LogP contribution in [0.15, 0.2) is 0 Å². The third kappa shape index (κ3) is 2.41. The Bertz CT molecular complexity index is 131. The predicted molar refractivity (Wildman–Crippen MR) is 62.6 cm³/mol. The maximum Gasteiger partial charge on any atom is 0.00527 e. The maximum absolute atomic E-state index is 2.51. The lowest BCUT2D eigenvalue weighted by atomic mass is 10.4. The summed E-state index contributed by atoms with van der Waals surface area (Å²) in [5, 5.41) is 0. The number of nitrogens with zero attached hydrogens (tertiary/aromatic N) is 1. The van der Waals surface area contributed by atoms with Crippen LogP contribution in [0.3, 0.4) is 0 Å². The van der Waals surface area contributed by atoms with Gasteiger partial charge in [-0.3, -0.25) is 0 Å². The second-order valence-corrected chi connectivity index (χ2v) is 9.46.